The lowest BCUT2D eigenvalue weighted by Crippen LogP contribution is -2.39. The zero-order chi connectivity index (χ0) is 21.2. The SMILES string of the molecule is CC(C)CC1NC(=O)C(C(=O)Nc2ccc(CN3CCS(=O)(=O)CC3)cc2)=C1O. The average molecular weight is 422 g/mol. The second kappa shape index (κ2) is 8.54. The smallest absolute Gasteiger partial charge is 0.264 e. The summed E-state index contributed by atoms with van der Waals surface area (Å²) in [7, 11) is -2.90. The number of carbonyl (C=O) groups is 2. The van der Waals surface area contributed by atoms with Crippen molar-refractivity contribution in [2.24, 2.45) is 5.92 Å². The van der Waals surface area contributed by atoms with Gasteiger partial charge in [-0.25, -0.2) is 8.42 Å². The molecule has 3 rings (SSSR count). The molecule has 0 radical (unpaired) electrons. The lowest BCUT2D eigenvalue weighted by molar-refractivity contribution is -0.120. The van der Waals surface area contributed by atoms with E-state index in [9.17, 15) is 23.1 Å². The Morgan fingerprint density at radius 2 is 1.86 bits per heavy atom. The van der Waals surface area contributed by atoms with Gasteiger partial charge in [-0.1, -0.05) is 26.0 Å². The van der Waals surface area contributed by atoms with Crippen LogP contribution in [0.2, 0.25) is 0 Å². The van der Waals surface area contributed by atoms with Gasteiger partial charge in [-0.15, -0.1) is 0 Å². The quantitative estimate of drug-likeness (QED) is 0.595. The van der Waals surface area contributed by atoms with Crippen molar-refractivity contribution in [2.45, 2.75) is 32.9 Å². The Morgan fingerprint density at radius 1 is 1.24 bits per heavy atom. The summed E-state index contributed by atoms with van der Waals surface area (Å²) in [4.78, 5) is 26.6. The largest absolute Gasteiger partial charge is 0.509 e. The number of nitrogens with zero attached hydrogens (tertiary/aromatic N) is 1. The second-order valence-corrected chi connectivity index (χ2v) is 10.3. The van der Waals surface area contributed by atoms with E-state index in [4.69, 9.17) is 0 Å². The molecule has 0 aromatic heterocycles. The standard InChI is InChI=1S/C20H27N3O5S/c1-13(2)11-16-18(24)17(20(26)22-16)19(25)21-15-5-3-14(4-6-15)12-23-7-9-29(27,28)10-8-23/h3-6,13,16,24H,7-12H2,1-2H3,(H,21,25)(H,22,26). The molecule has 0 aliphatic carbocycles. The number of benzene rings is 1. The van der Waals surface area contributed by atoms with Crippen LogP contribution in [0, 0.1) is 5.92 Å². The van der Waals surface area contributed by atoms with Gasteiger partial charge in [0, 0.05) is 25.3 Å². The third-order valence-electron chi connectivity index (χ3n) is 5.11. The molecular weight excluding hydrogens is 394 g/mol. The summed E-state index contributed by atoms with van der Waals surface area (Å²) < 4.78 is 23.0. The molecule has 8 nitrogen and oxygen atoms in total. The van der Waals surface area contributed by atoms with Gasteiger partial charge in [-0.3, -0.25) is 14.5 Å². The molecule has 3 N–H and O–H groups in total. The summed E-state index contributed by atoms with van der Waals surface area (Å²) in [5, 5.41) is 15.6. The number of anilines is 1. The monoisotopic (exact) mass is 421 g/mol. The molecule has 9 heteroatoms. The maximum absolute atomic E-state index is 12.5. The molecule has 0 bridgehead atoms. The van der Waals surface area contributed by atoms with Crippen molar-refractivity contribution in [3.05, 3.63) is 41.2 Å². The molecule has 1 saturated heterocycles. The summed E-state index contributed by atoms with van der Waals surface area (Å²) >= 11 is 0. The Labute approximate surface area is 170 Å². The highest BCUT2D eigenvalue weighted by molar-refractivity contribution is 7.91. The normalized spacial score (nSPS) is 22.0. The molecule has 0 saturated carbocycles. The van der Waals surface area contributed by atoms with E-state index in [0.717, 1.165) is 5.56 Å². The number of hydrogen-bond acceptors (Lipinski definition) is 6. The van der Waals surface area contributed by atoms with Gasteiger partial charge >= 0.3 is 0 Å². The number of rotatable bonds is 6. The van der Waals surface area contributed by atoms with Crippen LogP contribution in [0.5, 0.6) is 0 Å². The van der Waals surface area contributed by atoms with E-state index in [1.165, 1.54) is 0 Å². The van der Waals surface area contributed by atoms with E-state index < -0.39 is 27.7 Å². The van der Waals surface area contributed by atoms with Crippen LogP contribution in [0.4, 0.5) is 5.69 Å². The predicted octanol–water partition coefficient (Wildman–Crippen LogP) is 1.21. The molecule has 1 aromatic carbocycles. The molecule has 158 valence electrons. The molecule has 0 spiro atoms. The van der Waals surface area contributed by atoms with Crippen molar-refractivity contribution < 1.29 is 23.1 Å². The molecule has 29 heavy (non-hydrogen) atoms. The van der Waals surface area contributed by atoms with E-state index in [1.807, 2.05) is 26.0 Å². The molecule has 1 atom stereocenters. The third kappa shape index (κ3) is 5.36. The van der Waals surface area contributed by atoms with Crippen LogP contribution in [0.3, 0.4) is 0 Å². The Morgan fingerprint density at radius 3 is 2.45 bits per heavy atom. The first-order valence-electron chi connectivity index (χ1n) is 9.71. The van der Waals surface area contributed by atoms with Crippen LogP contribution < -0.4 is 10.6 Å². The summed E-state index contributed by atoms with van der Waals surface area (Å²) in [6.07, 6.45) is 0.556. The number of carbonyl (C=O) groups excluding carboxylic acids is 2. The van der Waals surface area contributed by atoms with E-state index in [-0.39, 0.29) is 28.8 Å². The molecule has 2 amide bonds. The number of amides is 2. The average Bonchev–Trinajstić information content (AvgIpc) is 2.91. The fourth-order valence-electron chi connectivity index (χ4n) is 3.50. The maximum Gasteiger partial charge on any atom is 0.264 e. The van der Waals surface area contributed by atoms with Crippen molar-refractivity contribution in [3.8, 4) is 0 Å². The van der Waals surface area contributed by atoms with Crippen LogP contribution in [-0.2, 0) is 26.0 Å². The molecule has 2 aliphatic rings. The lowest BCUT2D eigenvalue weighted by atomic mass is 10.0. The number of aliphatic hydroxyl groups is 1. The summed E-state index contributed by atoms with van der Waals surface area (Å²) in [6, 6.07) is 6.62. The van der Waals surface area contributed by atoms with Gasteiger partial charge in [0.15, 0.2) is 9.84 Å². The first kappa shape index (κ1) is 21.3. The van der Waals surface area contributed by atoms with Crippen molar-refractivity contribution in [2.75, 3.05) is 29.9 Å². The van der Waals surface area contributed by atoms with E-state index in [2.05, 4.69) is 15.5 Å². The van der Waals surface area contributed by atoms with Crippen molar-refractivity contribution in [1.82, 2.24) is 10.2 Å². The van der Waals surface area contributed by atoms with Gasteiger partial charge in [0.1, 0.15) is 11.3 Å². The van der Waals surface area contributed by atoms with E-state index in [1.54, 1.807) is 12.1 Å². The number of aliphatic hydroxyl groups excluding tert-OH is 1. The van der Waals surface area contributed by atoms with Gasteiger partial charge in [-0.05, 0) is 30.0 Å². The fraction of sp³-hybridized carbons (Fsp3) is 0.500. The zero-order valence-corrected chi connectivity index (χ0v) is 17.5. The molecule has 2 heterocycles. The van der Waals surface area contributed by atoms with Crippen molar-refractivity contribution in [3.63, 3.8) is 0 Å². The third-order valence-corrected chi connectivity index (χ3v) is 6.72. The lowest BCUT2D eigenvalue weighted by Gasteiger charge is -2.26. The maximum atomic E-state index is 12.5. The molecule has 1 aromatic rings. The van der Waals surface area contributed by atoms with Crippen LogP contribution in [0.15, 0.2) is 35.6 Å². The Balaban J connectivity index is 1.60. The molecule has 2 aliphatic heterocycles. The summed E-state index contributed by atoms with van der Waals surface area (Å²) in [6.45, 7) is 5.61. The van der Waals surface area contributed by atoms with Gasteiger partial charge in [-0.2, -0.15) is 0 Å². The van der Waals surface area contributed by atoms with E-state index in [0.29, 0.717) is 31.7 Å². The highest BCUT2D eigenvalue weighted by Crippen LogP contribution is 2.22. The number of hydrogen-bond donors (Lipinski definition) is 3. The predicted molar refractivity (Wildman–Crippen MR) is 110 cm³/mol. The first-order chi connectivity index (χ1) is 13.6. The molecular formula is C20H27N3O5S. The topological polar surface area (TPSA) is 116 Å². The molecule has 1 unspecified atom stereocenters. The van der Waals surface area contributed by atoms with Crippen LogP contribution in [0.1, 0.15) is 25.8 Å². The second-order valence-electron chi connectivity index (χ2n) is 7.99. The van der Waals surface area contributed by atoms with E-state index >= 15 is 0 Å². The summed E-state index contributed by atoms with van der Waals surface area (Å²) in [5.74, 6) is -0.794. The fourth-order valence-corrected chi connectivity index (χ4v) is 4.78. The number of nitrogens with one attached hydrogen (secondary N) is 2. The first-order valence-corrected chi connectivity index (χ1v) is 11.5. The minimum absolute atomic E-state index is 0.180. The molecule has 1 fully saturated rings. The highest BCUT2D eigenvalue weighted by Gasteiger charge is 2.36. The van der Waals surface area contributed by atoms with Gasteiger partial charge in [0.25, 0.3) is 11.8 Å². The minimum Gasteiger partial charge on any atom is -0.509 e. The van der Waals surface area contributed by atoms with Gasteiger partial charge < -0.3 is 15.7 Å². The summed E-state index contributed by atoms with van der Waals surface area (Å²) in [5.41, 5.74) is 1.27. The zero-order valence-electron chi connectivity index (χ0n) is 16.6. The Kier molecular flexibility index (Phi) is 6.28. The Bertz CT molecular complexity index is 908. The number of sulfone groups is 1. The van der Waals surface area contributed by atoms with Crippen molar-refractivity contribution >= 4 is 27.3 Å². The Hall–Kier alpha value is -2.39. The van der Waals surface area contributed by atoms with Gasteiger partial charge in [0.05, 0.1) is 17.5 Å². The minimum atomic E-state index is -2.90. The van der Waals surface area contributed by atoms with Crippen LogP contribution in [0.25, 0.3) is 0 Å². The van der Waals surface area contributed by atoms with Crippen molar-refractivity contribution in [1.29, 1.82) is 0 Å². The highest BCUT2D eigenvalue weighted by atomic mass is 32.2. The van der Waals surface area contributed by atoms with Crippen LogP contribution >= 0.6 is 0 Å². The van der Waals surface area contributed by atoms with Gasteiger partial charge in [0.2, 0.25) is 0 Å². The van der Waals surface area contributed by atoms with Crippen LogP contribution in [-0.4, -0.2) is 60.9 Å².